The first kappa shape index (κ1) is 9.15. The van der Waals surface area contributed by atoms with Crippen molar-refractivity contribution in [2.24, 2.45) is 0 Å². The Morgan fingerprint density at radius 3 is 3.15 bits per heavy atom. The summed E-state index contributed by atoms with van der Waals surface area (Å²) in [5.74, 6) is -0.0348. The molecule has 1 N–H and O–H groups in total. The highest BCUT2D eigenvalue weighted by atomic mass is 79.9. The van der Waals surface area contributed by atoms with Crippen molar-refractivity contribution >= 4 is 38.3 Å². The van der Waals surface area contributed by atoms with Crippen molar-refractivity contribution in [2.45, 2.75) is 19.3 Å². The van der Waals surface area contributed by atoms with Crippen molar-refractivity contribution in [3.63, 3.8) is 0 Å². The lowest BCUT2D eigenvalue weighted by Gasteiger charge is -1.95. The first-order chi connectivity index (χ1) is 6.29. The van der Waals surface area contributed by atoms with Gasteiger partial charge in [0, 0.05) is 4.88 Å². The molecule has 2 rings (SSSR count). The van der Waals surface area contributed by atoms with Crippen molar-refractivity contribution < 1.29 is 4.79 Å². The maximum atomic E-state index is 11.0. The van der Waals surface area contributed by atoms with Crippen LogP contribution in [0, 0.1) is 0 Å². The van der Waals surface area contributed by atoms with Crippen LogP contribution in [-0.2, 0) is 17.6 Å². The Kier molecular flexibility index (Phi) is 2.64. The number of thiazole rings is 1. The molecule has 70 valence electrons. The Morgan fingerprint density at radius 1 is 1.62 bits per heavy atom. The van der Waals surface area contributed by atoms with Crippen LogP contribution in [-0.4, -0.2) is 16.2 Å². The molecule has 0 aromatic carbocycles. The molecule has 1 heterocycles. The van der Waals surface area contributed by atoms with E-state index in [-0.39, 0.29) is 5.91 Å². The van der Waals surface area contributed by atoms with Crippen LogP contribution in [0.4, 0.5) is 5.13 Å². The van der Waals surface area contributed by atoms with Crippen LogP contribution in [0.3, 0.4) is 0 Å². The van der Waals surface area contributed by atoms with Gasteiger partial charge in [0.15, 0.2) is 5.13 Å². The third-order valence-corrected chi connectivity index (χ3v) is 3.55. The van der Waals surface area contributed by atoms with Crippen LogP contribution in [0.2, 0.25) is 0 Å². The molecule has 1 aliphatic rings. The number of anilines is 1. The molecule has 0 spiro atoms. The zero-order chi connectivity index (χ0) is 9.26. The second-order valence-electron chi connectivity index (χ2n) is 2.92. The second kappa shape index (κ2) is 3.75. The van der Waals surface area contributed by atoms with Gasteiger partial charge < -0.3 is 5.32 Å². The highest BCUT2D eigenvalue weighted by Crippen LogP contribution is 2.30. The van der Waals surface area contributed by atoms with E-state index >= 15 is 0 Å². The van der Waals surface area contributed by atoms with E-state index in [0.29, 0.717) is 5.33 Å². The Labute approximate surface area is 88.7 Å². The summed E-state index contributed by atoms with van der Waals surface area (Å²) in [7, 11) is 0. The second-order valence-corrected chi connectivity index (χ2v) is 4.57. The average Bonchev–Trinajstić information content (AvgIpc) is 2.63. The van der Waals surface area contributed by atoms with Crippen molar-refractivity contribution in [1.82, 2.24) is 4.98 Å². The number of amides is 1. The van der Waals surface area contributed by atoms with E-state index in [0.717, 1.165) is 18.0 Å². The Bertz CT molecular complexity index is 315. The number of nitrogens with one attached hydrogen (secondary N) is 1. The third-order valence-electron chi connectivity index (χ3n) is 1.96. The molecule has 1 aromatic rings. The van der Waals surface area contributed by atoms with Gasteiger partial charge in [-0.2, -0.15) is 0 Å². The predicted octanol–water partition coefficient (Wildman–Crippen LogP) is 1.97. The molecule has 0 fully saturated rings. The highest BCUT2D eigenvalue weighted by molar-refractivity contribution is 9.09. The first-order valence-corrected chi connectivity index (χ1v) is 6.08. The molecule has 0 aliphatic heterocycles. The molecule has 0 unspecified atom stereocenters. The summed E-state index contributed by atoms with van der Waals surface area (Å²) in [6.07, 6.45) is 3.40. The van der Waals surface area contributed by atoms with Gasteiger partial charge in [-0.25, -0.2) is 4.98 Å². The Morgan fingerprint density at radius 2 is 2.46 bits per heavy atom. The van der Waals surface area contributed by atoms with Gasteiger partial charge in [-0.3, -0.25) is 4.79 Å². The molecule has 0 atom stereocenters. The normalized spacial score (nSPS) is 14.2. The van der Waals surface area contributed by atoms with E-state index in [1.807, 2.05) is 0 Å². The van der Waals surface area contributed by atoms with Crippen LogP contribution in [0.25, 0.3) is 0 Å². The third kappa shape index (κ3) is 1.91. The summed E-state index contributed by atoms with van der Waals surface area (Å²) in [6, 6.07) is 0. The smallest absolute Gasteiger partial charge is 0.236 e. The standard InChI is InChI=1S/C8H9BrN2OS/c9-4-7(12)11-8-10-5-2-1-3-6(5)13-8/h1-4H2,(H,10,11,12). The average molecular weight is 261 g/mol. The first-order valence-electron chi connectivity index (χ1n) is 4.14. The van der Waals surface area contributed by atoms with Gasteiger partial charge in [-0.1, -0.05) is 15.9 Å². The maximum Gasteiger partial charge on any atom is 0.236 e. The fraction of sp³-hybridized carbons (Fsp3) is 0.500. The number of rotatable bonds is 2. The quantitative estimate of drug-likeness (QED) is 0.827. The van der Waals surface area contributed by atoms with Crippen molar-refractivity contribution in [3.8, 4) is 0 Å². The zero-order valence-electron chi connectivity index (χ0n) is 6.97. The van der Waals surface area contributed by atoms with Crippen LogP contribution in [0.5, 0.6) is 0 Å². The van der Waals surface area contributed by atoms with Gasteiger partial charge in [-0.15, -0.1) is 11.3 Å². The number of halogens is 1. The molecule has 1 aliphatic carbocycles. The minimum atomic E-state index is -0.0348. The number of hydrogen-bond acceptors (Lipinski definition) is 3. The lowest BCUT2D eigenvalue weighted by molar-refractivity contribution is -0.113. The van der Waals surface area contributed by atoms with Gasteiger partial charge in [-0.05, 0) is 19.3 Å². The van der Waals surface area contributed by atoms with Crippen LogP contribution < -0.4 is 5.32 Å². The molecule has 0 bridgehead atoms. The fourth-order valence-corrected chi connectivity index (χ4v) is 2.60. The van der Waals surface area contributed by atoms with Crippen LogP contribution >= 0.6 is 27.3 Å². The summed E-state index contributed by atoms with van der Waals surface area (Å²) in [4.78, 5) is 16.7. The minimum Gasteiger partial charge on any atom is -0.301 e. The number of hydrogen-bond donors (Lipinski definition) is 1. The molecule has 0 radical (unpaired) electrons. The number of carbonyl (C=O) groups is 1. The van der Waals surface area contributed by atoms with Gasteiger partial charge in [0.25, 0.3) is 0 Å². The number of carbonyl (C=O) groups excluding carboxylic acids is 1. The lowest BCUT2D eigenvalue weighted by Crippen LogP contribution is -2.11. The monoisotopic (exact) mass is 260 g/mol. The van der Waals surface area contributed by atoms with Crippen molar-refractivity contribution in [3.05, 3.63) is 10.6 Å². The van der Waals surface area contributed by atoms with Crippen molar-refractivity contribution in [2.75, 3.05) is 10.6 Å². The van der Waals surface area contributed by atoms with Gasteiger partial charge in [0.2, 0.25) is 5.91 Å². The van der Waals surface area contributed by atoms with Gasteiger partial charge >= 0.3 is 0 Å². The molecule has 13 heavy (non-hydrogen) atoms. The number of nitrogens with zero attached hydrogens (tertiary/aromatic N) is 1. The largest absolute Gasteiger partial charge is 0.301 e. The SMILES string of the molecule is O=C(CBr)Nc1nc2c(s1)CCC2. The summed E-state index contributed by atoms with van der Waals surface area (Å²) < 4.78 is 0. The summed E-state index contributed by atoms with van der Waals surface area (Å²) in [5, 5.41) is 3.82. The Hall–Kier alpha value is -0.420. The maximum absolute atomic E-state index is 11.0. The summed E-state index contributed by atoms with van der Waals surface area (Å²) >= 11 is 4.70. The topological polar surface area (TPSA) is 42.0 Å². The zero-order valence-corrected chi connectivity index (χ0v) is 9.37. The molecule has 3 nitrogen and oxygen atoms in total. The molecule has 5 heteroatoms. The van der Waals surface area contributed by atoms with E-state index < -0.39 is 0 Å². The van der Waals surface area contributed by atoms with E-state index in [9.17, 15) is 4.79 Å². The number of fused-ring (bicyclic) bond motifs is 1. The predicted molar refractivity (Wildman–Crippen MR) is 56.6 cm³/mol. The van der Waals surface area contributed by atoms with Crippen LogP contribution in [0.1, 0.15) is 17.0 Å². The van der Waals surface area contributed by atoms with Gasteiger partial charge in [0.05, 0.1) is 11.0 Å². The van der Waals surface area contributed by atoms with Crippen molar-refractivity contribution in [1.29, 1.82) is 0 Å². The molecular formula is C8H9BrN2OS. The van der Waals surface area contributed by atoms with Gasteiger partial charge in [0.1, 0.15) is 0 Å². The fourth-order valence-electron chi connectivity index (χ4n) is 1.40. The molecule has 1 amide bonds. The molecule has 0 saturated carbocycles. The van der Waals surface area contributed by atoms with E-state index in [1.165, 1.54) is 17.0 Å². The minimum absolute atomic E-state index is 0.0348. The Balaban J connectivity index is 2.10. The van der Waals surface area contributed by atoms with E-state index in [4.69, 9.17) is 0 Å². The number of alkyl halides is 1. The molecule has 1 aromatic heterocycles. The van der Waals surface area contributed by atoms with E-state index in [1.54, 1.807) is 11.3 Å². The molecular weight excluding hydrogens is 252 g/mol. The van der Waals surface area contributed by atoms with Crippen LogP contribution in [0.15, 0.2) is 0 Å². The lowest BCUT2D eigenvalue weighted by atomic mass is 10.4. The molecule has 0 saturated heterocycles. The van der Waals surface area contributed by atoms with E-state index in [2.05, 4.69) is 26.2 Å². The summed E-state index contributed by atoms with van der Waals surface area (Å²) in [6.45, 7) is 0. The highest BCUT2D eigenvalue weighted by Gasteiger charge is 2.17. The number of aromatic nitrogens is 1. The summed E-state index contributed by atoms with van der Waals surface area (Å²) in [5.41, 5.74) is 1.18. The number of aryl methyl sites for hydroxylation is 2.